The van der Waals surface area contributed by atoms with Gasteiger partial charge in [0.25, 0.3) is 5.91 Å². The molecule has 6 heteroatoms. The monoisotopic (exact) mass is 409 g/mol. The molecule has 0 radical (unpaired) electrons. The third-order valence-electron chi connectivity index (χ3n) is 5.41. The fraction of sp³-hybridized carbons (Fsp3) is 0.417. The van der Waals surface area contributed by atoms with E-state index in [0.717, 1.165) is 60.1 Å². The van der Waals surface area contributed by atoms with Gasteiger partial charge in [0.1, 0.15) is 11.5 Å². The molecule has 0 spiro atoms. The van der Waals surface area contributed by atoms with Crippen molar-refractivity contribution in [2.75, 3.05) is 38.3 Å². The zero-order valence-electron chi connectivity index (χ0n) is 18.3. The number of hydrogen-bond donors (Lipinski definition) is 1. The molecule has 0 saturated carbocycles. The van der Waals surface area contributed by atoms with Crippen molar-refractivity contribution in [1.29, 1.82) is 0 Å². The second-order valence-corrected chi connectivity index (χ2v) is 7.42. The molecule has 1 saturated heterocycles. The number of aryl methyl sites for hydroxylation is 1. The number of amides is 1. The van der Waals surface area contributed by atoms with Gasteiger partial charge in [0.15, 0.2) is 0 Å². The summed E-state index contributed by atoms with van der Waals surface area (Å²) in [6, 6.07) is 11.9. The molecule has 0 unspecified atom stereocenters. The topological polar surface area (TPSA) is 63.2 Å². The SMILES string of the molecule is CCC(=Nc1c(C)ccc(N2CCOCC2)c1C)C(=O)NCc1ccc(OC)cc1. The lowest BCUT2D eigenvalue weighted by Crippen LogP contribution is -2.36. The van der Waals surface area contributed by atoms with Crippen molar-refractivity contribution >= 4 is 23.0 Å². The maximum atomic E-state index is 12.8. The van der Waals surface area contributed by atoms with E-state index in [1.54, 1.807) is 7.11 Å². The summed E-state index contributed by atoms with van der Waals surface area (Å²) in [7, 11) is 1.64. The Balaban J connectivity index is 1.77. The average Bonchev–Trinajstić information content (AvgIpc) is 2.78. The first-order valence-electron chi connectivity index (χ1n) is 10.4. The molecule has 1 heterocycles. The Hall–Kier alpha value is -2.86. The molecule has 0 atom stereocenters. The van der Waals surface area contributed by atoms with Gasteiger partial charge in [-0.1, -0.05) is 25.1 Å². The summed E-state index contributed by atoms with van der Waals surface area (Å²) in [6.45, 7) is 9.75. The van der Waals surface area contributed by atoms with Gasteiger partial charge in [-0.25, -0.2) is 4.99 Å². The van der Waals surface area contributed by atoms with Crippen molar-refractivity contribution in [3.63, 3.8) is 0 Å². The lowest BCUT2D eigenvalue weighted by Gasteiger charge is -2.30. The number of methoxy groups -OCH3 is 1. The van der Waals surface area contributed by atoms with E-state index in [1.165, 1.54) is 0 Å². The Morgan fingerprint density at radius 2 is 1.83 bits per heavy atom. The number of carbonyl (C=O) groups excluding carboxylic acids is 1. The van der Waals surface area contributed by atoms with Crippen LogP contribution in [-0.4, -0.2) is 45.0 Å². The molecule has 2 aromatic carbocycles. The molecule has 1 aliphatic rings. The van der Waals surface area contributed by atoms with Crippen molar-refractivity contribution in [2.45, 2.75) is 33.7 Å². The quantitative estimate of drug-likeness (QED) is 0.704. The van der Waals surface area contributed by atoms with E-state index in [1.807, 2.05) is 38.1 Å². The van der Waals surface area contributed by atoms with Crippen LogP contribution in [0, 0.1) is 13.8 Å². The minimum atomic E-state index is -0.135. The van der Waals surface area contributed by atoms with Gasteiger partial charge in [-0.2, -0.15) is 0 Å². The predicted octanol–water partition coefficient (Wildman–Crippen LogP) is 3.95. The molecule has 6 nitrogen and oxygen atoms in total. The fourth-order valence-corrected chi connectivity index (χ4v) is 3.60. The molecule has 1 N–H and O–H groups in total. The van der Waals surface area contributed by atoms with Crippen molar-refractivity contribution in [1.82, 2.24) is 5.32 Å². The Morgan fingerprint density at radius 1 is 1.13 bits per heavy atom. The lowest BCUT2D eigenvalue weighted by atomic mass is 10.1. The standard InChI is InChI=1S/C24H31N3O3/c1-5-21(24(28)25-16-19-7-9-20(29-4)10-8-19)26-23-17(2)6-11-22(18(23)3)27-12-14-30-15-13-27/h6-11H,5,12-16H2,1-4H3,(H,25,28). The minimum Gasteiger partial charge on any atom is -0.497 e. The predicted molar refractivity (Wildman–Crippen MR) is 121 cm³/mol. The highest BCUT2D eigenvalue weighted by Gasteiger charge is 2.17. The van der Waals surface area contributed by atoms with Crippen LogP contribution in [0.1, 0.15) is 30.0 Å². The highest BCUT2D eigenvalue weighted by molar-refractivity contribution is 6.39. The highest BCUT2D eigenvalue weighted by Crippen LogP contribution is 2.33. The first-order valence-corrected chi connectivity index (χ1v) is 10.4. The zero-order chi connectivity index (χ0) is 21.5. The summed E-state index contributed by atoms with van der Waals surface area (Å²) in [5.41, 5.74) is 5.77. The first-order chi connectivity index (χ1) is 14.5. The van der Waals surface area contributed by atoms with Crippen LogP contribution in [0.4, 0.5) is 11.4 Å². The number of hydrogen-bond acceptors (Lipinski definition) is 5. The van der Waals surface area contributed by atoms with Gasteiger partial charge < -0.3 is 19.7 Å². The summed E-state index contributed by atoms with van der Waals surface area (Å²) in [5.74, 6) is 0.663. The first kappa shape index (κ1) is 21.8. The van der Waals surface area contributed by atoms with E-state index < -0.39 is 0 Å². The van der Waals surface area contributed by atoms with E-state index >= 15 is 0 Å². The normalized spacial score (nSPS) is 14.5. The van der Waals surface area contributed by atoms with Gasteiger partial charge in [-0.3, -0.25) is 4.79 Å². The molecule has 1 fully saturated rings. The van der Waals surface area contributed by atoms with Gasteiger partial charge in [0, 0.05) is 25.3 Å². The van der Waals surface area contributed by atoms with Crippen LogP contribution >= 0.6 is 0 Å². The van der Waals surface area contributed by atoms with E-state index in [0.29, 0.717) is 18.7 Å². The fourth-order valence-electron chi connectivity index (χ4n) is 3.60. The van der Waals surface area contributed by atoms with Crippen LogP contribution in [0.5, 0.6) is 5.75 Å². The number of morpholine rings is 1. The Labute approximate surface area is 178 Å². The molecule has 0 aliphatic carbocycles. The van der Waals surface area contributed by atoms with Gasteiger partial charge in [0.05, 0.1) is 26.0 Å². The van der Waals surface area contributed by atoms with E-state index in [-0.39, 0.29) is 5.91 Å². The van der Waals surface area contributed by atoms with E-state index in [4.69, 9.17) is 14.5 Å². The molecule has 1 amide bonds. The number of aliphatic imine (C=N–C) groups is 1. The molecule has 1 aliphatic heterocycles. The van der Waals surface area contributed by atoms with Crippen LogP contribution in [0.3, 0.4) is 0 Å². The second kappa shape index (κ2) is 10.3. The molecular weight excluding hydrogens is 378 g/mol. The third kappa shape index (κ3) is 5.19. The van der Waals surface area contributed by atoms with Crippen LogP contribution in [0.2, 0.25) is 0 Å². The largest absolute Gasteiger partial charge is 0.497 e. The smallest absolute Gasteiger partial charge is 0.265 e. The molecule has 160 valence electrons. The van der Waals surface area contributed by atoms with E-state index in [2.05, 4.69) is 29.3 Å². The van der Waals surface area contributed by atoms with Crippen LogP contribution in [-0.2, 0) is 16.1 Å². The number of nitrogens with one attached hydrogen (secondary N) is 1. The number of rotatable bonds is 7. The van der Waals surface area contributed by atoms with Crippen LogP contribution in [0.25, 0.3) is 0 Å². The van der Waals surface area contributed by atoms with Gasteiger partial charge >= 0.3 is 0 Å². The second-order valence-electron chi connectivity index (χ2n) is 7.42. The molecular formula is C24H31N3O3. The molecule has 0 bridgehead atoms. The van der Waals surface area contributed by atoms with Crippen molar-refractivity contribution in [2.24, 2.45) is 4.99 Å². The Kier molecular flexibility index (Phi) is 7.46. The summed E-state index contributed by atoms with van der Waals surface area (Å²) >= 11 is 0. The zero-order valence-corrected chi connectivity index (χ0v) is 18.3. The number of anilines is 1. The van der Waals surface area contributed by atoms with Gasteiger partial charge in [0.2, 0.25) is 0 Å². The van der Waals surface area contributed by atoms with Gasteiger partial charge in [-0.15, -0.1) is 0 Å². The van der Waals surface area contributed by atoms with Crippen LogP contribution in [0.15, 0.2) is 41.4 Å². The molecule has 2 aromatic rings. The number of ether oxygens (including phenoxy) is 2. The summed E-state index contributed by atoms with van der Waals surface area (Å²) < 4.78 is 10.7. The maximum absolute atomic E-state index is 12.8. The maximum Gasteiger partial charge on any atom is 0.265 e. The summed E-state index contributed by atoms with van der Waals surface area (Å²) in [4.78, 5) is 19.9. The molecule has 30 heavy (non-hydrogen) atoms. The number of benzene rings is 2. The van der Waals surface area contributed by atoms with Gasteiger partial charge in [-0.05, 0) is 55.2 Å². The lowest BCUT2D eigenvalue weighted by molar-refractivity contribution is -0.115. The summed E-state index contributed by atoms with van der Waals surface area (Å²) in [5, 5.41) is 2.99. The average molecular weight is 410 g/mol. The molecule has 0 aromatic heterocycles. The highest BCUT2D eigenvalue weighted by atomic mass is 16.5. The Morgan fingerprint density at radius 3 is 2.47 bits per heavy atom. The van der Waals surface area contributed by atoms with Crippen molar-refractivity contribution in [3.8, 4) is 5.75 Å². The summed E-state index contributed by atoms with van der Waals surface area (Å²) in [6.07, 6.45) is 0.565. The van der Waals surface area contributed by atoms with Crippen molar-refractivity contribution < 1.29 is 14.3 Å². The number of nitrogens with zero attached hydrogens (tertiary/aromatic N) is 2. The number of carbonyl (C=O) groups is 1. The minimum absolute atomic E-state index is 0.135. The van der Waals surface area contributed by atoms with E-state index in [9.17, 15) is 4.79 Å². The van der Waals surface area contributed by atoms with Crippen molar-refractivity contribution in [3.05, 3.63) is 53.1 Å². The van der Waals surface area contributed by atoms with Crippen LogP contribution < -0.4 is 15.0 Å². The third-order valence-corrected chi connectivity index (χ3v) is 5.41. The Bertz CT molecular complexity index is 901. The molecule has 3 rings (SSSR count).